The number of hydrogen-bond acceptors (Lipinski definition) is 5. The Kier molecular flexibility index (Phi) is 4.03. The van der Waals surface area contributed by atoms with Crippen LogP contribution in [0.1, 0.15) is 79.6 Å². The van der Waals surface area contributed by atoms with E-state index >= 15 is 0 Å². The molecule has 5 fully saturated rings. The summed E-state index contributed by atoms with van der Waals surface area (Å²) in [7, 11) is 0. The van der Waals surface area contributed by atoms with Crippen LogP contribution in [-0.2, 0) is 19.1 Å². The lowest BCUT2D eigenvalue weighted by molar-refractivity contribution is -0.174. The second-order valence-corrected chi connectivity index (χ2v) is 11.4. The first-order valence-corrected chi connectivity index (χ1v) is 11.6. The van der Waals surface area contributed by atoms with Gasteiger partial charge >= 0.3 is 5.97 Å². The van der Waals surface area contributed by atoms with Crippen LogP contribution < -0.4 is 0 Å². The molecule has 1 spiro atoms. The van der Waals surface area contributed by atoms with Gasteiger partial charge in [-0.3, -0.25) is 9.59 Å². The quantitative estimate of drug-likeness (QED) is 0.561. The van der Waals surface area contributed by atoms with Gasteiger partial charge in [-0.2, -0.15) is 0 Å². The fourth-order valence-corrected chi connectivity index (χ4v) is 9.07. The van der Waals surface area contributed by atoms with Crippen molar-refractivity contribution in [2.24, 2.45) is 34.5 Å². The summed E-state index contributed by atoms with van der Waals surface area (Å²) < 4.78 is 12.0. The standard InChI is InChI=1S/C24H36O5/c1-13-10-19-17-11-20-23(29-20)12-16(28-15(3)26)6-8-21(23,4)18(17)7-9-22(19,5)24(13,27)14(2)25/h13,16-20,27H,6-12H2,1-5H3. The molecule has 1 saturated heterocycles. The summed E-state index contributed by atoms with van der Waals surface area (Å²) in [6, 6.07) is 0. The van der Waals surface area contributed by atoms with Crippen LogP contribution in [0.25, 0.3) is 0 Å². The largest absolute Gasteiger partial charge is 0.462 e. The Bertz CT molecular complexity index is 764. The molecule has 0 aromatic rings. The van der Waals surface area contributed by atoms with Gasteiger partial charge in [0, 0.05) is 24.2 Å². The Hall–Kier alpha value is -0.940. The molecular weight excluding hydrogens is 368 g/mol. The molecule has 1 aliphatic heterocycles. The number of aliphatic hydroxyl groups is 1. The lowest BCUT2D eigenvalue weighted by Gasteiger charge is -2.60. The molecule has 0 bridgehead atoms. The number of Topliss-reactive ketones (excluding diaryl/α,β-unsaturated/α-hetero) is 1. The first-order chi connectivity index (χ1) is 13.5. The van der Waals surface area contributed by atoms with Gasteiger partial charge in [0.1, 0.15) is 17.3 Å². The van der Waals surface area contributed by atoms with Gasteiger partial charge in [0.25, 0.3) is 0 Å². The average Bonchev–Trinajstić information content (AvgIpc) is 3.29. The zero-order chi connectivity index (χ0) is 21.0. The van der Waals surface area contributed by atoms with E-state index < -0.39 is 5.60 Å². The van der Waals surface area contributed by atoms with Crippen LogP contribution in [0.3, 0.4) is 0 Å². The SMILES string of the molecule is CC(=O)OC1CCC2(C)C3CCC4(C)C(CC(C)C4(O)C(C)=O)C3CC3OC32C1. The van der Waals surface area contributed by atoms with Crippen LogP contribution in [0, 0.1) is 34.5 Å². The number of rotatable bonds is 2. The summed E-state index contributed by atoms with van der Waals surface area (Å²) >= 11 is 0. The number of epoxide rings is 1. The highest BCUT2D eigenvalue weighted by molar-refractivity contribution is 5.86. The van der Waals surface area contributed by atoms with Gasteiger partial charge in [0.2, 0.25) is 0 Å². The van der Waals surface area contributed by atoms with Crippen molar-refractivity contribution in [2.45, 2.75) is 103 Å². The van der Waals surface area contributed by atoms with Crippen molar-refractivity contribution < 1.29 is 24.2 Å². The lowest BCUT2D eigenvalue weighted by Crippen LogP contribution is -2.61. The number of fused-ring (bicyclic) bond motifs is 4. The van der Waals surface area contributed by atoms with Crippen molar-refractivity contribution >= 4 is 11.8 Å². The number of carbonyl (C=O) groups is 2. The molecular formula is C24H36O5. The van der Waals surface area contributed by atoms with Gasteiger partial charge in [-0.25, -0.2) is 0 Å². The van der Waals surface area contributed by atoms with Crippen LogP contribution in [0.2, 0.25) is 0 Å². The predicted molar refractivity (Wildman–Crippen MR) is 107 cm³/mol. The van der Waals surface area contributed by atoms with E-state index in [0.29, 0.717) is 17.8 Å². The smallest absolute Gasteiger partial charge is 0.302 e. The van der Waals surface area contributed by atoms with E-state index in [1.807, 2.05) is 0 Å². The molecule has 5 rings (SSSR count). The Balaban J connectivity index is 1.46. The van der Waals surface area contributed by atoms with E-state index in [4.69, 9.17) is 9.47 Å². The Morgan fingerprint density at radius 1 is 1.03 bits per heavy atom. The predicted octanol–water partition coefficient (Wildman–Crippen LogP) is 3.66. The molecule has 5 aliphatic rings. The minimum absolute atomic E-state index is 0.00747. The molecule has 4 aliphatic carbocycles. The molecule has 1 heterocycles. The first-order valence-electron chi connectivity index (χ1n) is 11.6. The molecule has 0 radical (unpaired) electrons. The maximum Gasteiger partial charge on any atom is 0.302 e. The van der Waals surface area contributed by atoms with Crippen LogP contribution in [0.4, 0.5) is 0 Å². The van der Waals surface area contributed by atoms with E-state index in [-0.39, 0.29) is 46.3 Å². The van der Waals surface area contributed by atoms with E-state index in [1.165, 1.54) is 6.92 Å². The van der Waals surface area contributed by atoms with E-state index in [0.717, 1.165) is 44.9 Å². The average molecular weight is 405 g/mol. The molecule has 0 aromatic heterocycles. The molecule has 162 valence electrons. The second-order valence-electron chi connectivity index (χ2n) is 11.4. The van der Waals surface area contributed by atoms with Gasteiger partial charge in [-0.1, -0.05) is 20.8 Å². The van der Waals surface area contributed by atoms with Crippen LogP contribution >= 0.6 is 0 Å². The number of ketones is 1. The summed E-state index contributed by atoms with van der Waals surface area (Å²) in [5.74, 6) is 1.18. The number of hydrogen-bond donors (Lipinski definition) is 1. The monoisotopic (exact) mass is 404 g/mol. The van der Waals surface area contributed by atoms with Crippen molar-refractivity contribution in [1.82, 2.24) is 0 Å². The third-order valence-electron chi connectivity index (χ3n) is 10.5. The zero-order valence-corrected chi connectivity index (χ0v) is 18.5. The second kappa shape index (κ2) is 5.85. The van der Waals surface area contributed by atoms with Crippen LogP contribution in [0.15, 0.2) is 0 Å². The minimum Gasteiger partial charge on any atom is -0.462 e. The first kappa shape index (κ1) is 20.0. The van der Waals surface area contributed by atoms with E-state index in [9.17, 15) is 14.7 Å². The van der Waals surface area contributed by atoms with E-state index in [2.05, 4.69) is 20.8 Å². The molecule has 4 saturated carbocycles. The highest BCUT2D eigenvalue weighted by Gasteiger charge is 2.78. The highest BCUT2D eigenvalue weighted by Crippen LogP contribution is 2.75. The van der Waals surface area contributed by atoms with Crippen molar-refractivity contribution in [3.63, 3.8) is 0 Å². The normalized spacial score (nSPS) is 57.7. The van der Waals surface area contributed by atoms with E-state index in [1.54, 1.807) is 6.92 Å². The molecule has 29 heavy (non-hydrogen) atoms. The van der Waals surface area contributed by atoms with Crippen molar-refractivity contribution in [1.29, 1.82) is 0 Å². The Morgan fingerprint density at radius 2 is 1.72 bits per heavy atom. The highest BCUT2D eigenvalue weighted by atomic mass is 16.6. The molecule has 5 heteroatoms. The van der Waals surface area contributed by atoms with Gasteiger partial charge < -0.3 is 14.6 Å². The summed E-state index contributed by atoms with van der Waals surface area (Å²) in [6.45, 7) is 9.71. The molecule has 1 N–H and O–H groups in total. The number of carbonyl (C=O) groups excluding carboxylic acids is 2. The topological polar surface area (TPSA) is 76.1 Å². The summed E-state index contributed by atoms with van der Waals surface area (Å²) in [5.41, 5.74) is -1.57. The third kappa shape index (κ3) is 2.24. The van der Waals surface area contributed by atoms with Gasteiger partial charge in [0.05, 0.1) is 6.10 Å². The zero-order valence-electron chi connectivity index (χ0n) is 18.5. The Labute approximate surface area is 173 Å². The van der Waals surface area contributed by atoms with Crippen LogP contribution in [0.5, 0.6) is 0 Å². The van der Waals surface area contributed by atoms with Crippen molar-refractivity contribution in [2.75, 3.05) is 0 Å². The molecule has 0 aromatic carbocycles. The third-order valence-corrected chi connectivity index (χ3v) is 10.5. The Morgan fingerprint density at radius 3 is 2.38 bits per heavy atom. The van der Waals surface area contributed by atoms with Crippen molar-refractivity contribution in [3.05, 3.63) is 0 Å². The molecule has 10 atom stereocenters. The van der Waals surface area contributed by atoms with Crippen molar-refractivity contribution in [3.8, 4) is 0 Å². The molecule has 5 nitrogen and oxygen atoms in total. The lowest BCUT2D eigenvalue weighted by atomic mass is 9.44. The fourth-order valence-electron chi connectivity index (χ4n) is 9.07. The number of ether oxygens (including phenoxy) is 2. The summed E-state index contributed by atoms with van der Waals surface area (Å²) in [5, 5.41) is 11.5. The molecule has 10 unspecified atom stereocenters. The van der Waals surface area contributed by atoms with Gasteiger partial charge in [0.15, 0.2) is 5.78 Å². The van der Waals surface area contributed by atoms with Gasteiger partial charge in [-0.05, 0) is 69.1 Å². The van der Waals surface area contributed by atoms with Gasteiger partial charge in [-0.15, -0.1) is 0 Å². The number of esters is 1. The summed E-state index contributed by atoms with van der Waals surface area (Å²) in [4.78, 5) is 24.1. The van der Waals surface area contributed by atoms with Crippen LogP contribution in [-0.4, -0.2) is 40.3 Å². The maximum absolute atomic E-state index is 12.6. The minimum atomic E-state index is -1.20. The summed E-state index contributed by atoms with van der Waals surface area (Å²) in [6.07, 6.45) is 6.88. The maximum atomic E-state index is 12.6. The molecule has 0 amide bonds. The fraction of sp³-hybridized carbons (Fsp3) is 0.917.